The van der Waals surface area contributed by atoms with Crippen LogP contribution in [0.5, 0.6) is 0 Å². The van der Waals surface area contributed by atoms with Gasteiger partial charge in [0, 0.05) is 6.26 Å². The number of hydrogen-bond acceptors (Lipinski definition) is 5. The van der Waals surface area contributed by atoms with Crippen LogP contribution in [-0.2, 0) is 15.6 Å². The second-order valence-corrected chi connectivity index (χ2v) is 5.74. The number of carbonyl (C=O) groups is 1. The molecule has 2 aromatic rings. The van der Waals surface area contributed by atoms with Gasteiger partial charge in [-0.3, -0.25) is 4.40 Å². The van der Waals surface area contributed by atoms with Crippen LogP contribution in [0.15, 0.2) is 18.2 Å². The molecule has 1 N–H and O–H groups in total. The Morgan fingerprint density at radius 1 is 1.41 bits per heavy atom. The largest absolute Gasteiger partial charge is 0.477 e. The molecule has 90 valence electrons. The van der Waals surface area contributed by atoms with Crippen molar-refractivity contribution in [2.24, 2.45) is 0 Å². The summed E-state index contributed by atoms with van der Waals surface area (Å²) in [6, 6.07) is 4.45. The average Bonchev–Trinajstić information content (AvgIpc) is 2.59. The fourth-order valence-corrected chi connectivity index (χ4v) is 2.15. The lowest BCUT2D eigenvalue weighted by molar-refractivity contribution is 0.0688. The van der Waals surface area contributed by atoms with Gasteiger partial charge in [-0.15, -0.1) is 10.2 Å². The van der Waals surface area contributed by atoms with Crippen molar-refractivity contribution in [3.8, 4) is 0 Å². The molecule has 0 fully saturated rings. The van der Waals surface area contributed by atoms with Crippen molar-refractivity contribution in [1.29, 1.82) is 0 Å². The lowest BCUT2D eigenvalue weighted by Crippen LogP contribution is -2.10. The number of carboxylic acids is 1. The highest BCUT2D eigenvalue weighted by molar-refractivity contribution is 7.89. The lowest BCUT2D eigenvalue weighted by Gasteiger charge is -2.02. The number of pyridine rings is 1. The van der Waals surface area contributed by atoms with Gasteiger partial charge in [-0.25, -0.2) is 13.2 Å². The molecule has 0 radical (unpaired) electrons. The fourth-order valence-electron chi connectivity index (χ4n) is 1.50. The van der Waals surface area contributed by atoms with Crippen LogP contribution in [0.3, 0.4) is 0 Å². The number of aromatic nitrogens is 3. The van der Waals surface area contributed by atoms with E-state index < -0.39 is 15.8 Å². The molecule has 8 heteroatoms. The summed E-state index contributed by atoms with van der Waals surface area (Å²) in [5.74, 6) is -1.41. The topological polar surface area (TPSA) is 102 Å². The third kappa shape index (κ3) is 2.26. The number of aromatic carboxylic acids is 1. The Bertz CT molecular complexity index is 689. The third-order valence-electron chi connectivity index (χ3n) is 2.11. The van der Waals surface area contributed by atoms with Crippen molar-refractivity contribution in [1.82, 2.24) is 14.6 Å². The molecule has 0 atom stereocenters. The van der Waals surface area contributed by atoms with E-state index in [2.05, 4.69) is 10.2 Å². The Morgan fingerprint density at radius 2 is 2.12 bits per heavy atom. The Labute approximate surface area is 96.6 Å². The second-order valence-electron chi connectivity index (χ2n) is 3.60. The number of carboxylic acid groups (broad SMARTS) is 1. The quantitative estimate of drug-likeness (QED) is 0.826. The van der Waals surface area contributed by atoms with E-state index in [1.54, 1.807) is 6.07 Å². The molecule has 0 aliphatic carbocycles. The van der Waals surface area contributed by atoms with Crippen LogP contribution in [0.25, 0.3) is 5.65 Å². The van der Waals surface area contributed by atoms with Crippen LogP contribution in [-0.4, -0.2) is 40.3 Å². The van der Waals surface area contributed by atoms with Gasteiger partial charge in [-0.1, -0.05) is 6.07 Å². The van der Waals surface area contributed by atoms with Crippen LogP contribution in [0.4, 0.5) is 0 Å². The van der Waals surface area contributed by atoms with E-state index >= 15 is 0 Å². The number of nitrogens with zero attached hydrogens (tertiary/aromatic N) is 3. The van der Waals surface area contributed by atoms with Crippen molar-refractivity contribution < 1.29 is 18.3 Å². The van der Waals surface area contributed by atoms with E-state index in [9.17, 15) is 13.2 Å². The van der Waals surface area contributed by atoms with Crippen LogP contribution in [0.2, 0.25) is 0 Å². The van der Waals surface area contributed by atoms with E-state index in [0.717, 1.165) is 6.26 Å². The molecule has 17 heavy (non-hydrogen) atoms. The predicted molar refractivity (Wildman–Crippen MR) is 58.5 cm³/mol. The van der Waals surface area contributed by atoms with Gasteiger partial charge in [-0.2, -0.15) is 0 Å². The Kier molecular flexibility index (Phi) is 2.58. The summed E-state index contributed by atoms with van der Waals surface area (Å²) < 4.78 is 23.6. The SMILES string of the molecule is CS(=O)(=O)Cc1nnc2cccc(C(=O)O)n12. The van der Waals surface area contributed by atoms with Gasteiger partial charge in [0.2, 0.25) is 0 Å². The van der Waals surface area contributed by atoms with Crippen LogP contribution in [0.1, 0.15) is 16.3 Å². The molecule has 0 aromatic carbocycles. The number of rotatable bonds is 3. The summed E-state index contributed by atoms with van der Waals surface area (Å²) in [7, 11) is -3.30. The summed E-state index contributed by atoms with van der Waals surface area (Å²) in [6.45, 7) is 0. The number of sulfone groups is 1. The normalized spacial score (nSPS) is 11.8. The summed E-state index contributed by atoms with van der Waals surface area (Å²) >= 11 is 0. The van der Waals surface area contributed by atoms with E-state index in [1.807, 2.05) is 0 Å². The van der Waals surface area contributed by atoms with Crippen LogP contribution >= 0.6 is 0 Å². The van der Waals surface area contributed by atoms with Gasteiger partial charge < -0.3 is 5.11 Å². The monoisotopic (exact) mass is 255 g/mol. The molecule has 2 aromatic heterocycles. The molecule has 0 spiro atoms. The Balaban J connectivity index is 2.70. The van der Waals surface area contributed by atoms with Gasteiger partial charge in [0.15, 0.2) is 21.3 Å². The van der Waals surface area contributed by atoms with E-state index in [1.165, 1.54) is 16.5 Å². The summed E-state index contributed by atoms with van der Waals surface area (Å²) in [4.78, 5) is 11.0. The van der Waals surface area contributed by atoms with E-state index in [0.29, 0.717) is 5.65 Å². The first-order valence-corrected chi connectivity index (χ1v) is 6.68. The first kappa shape index (κ1) is 11.5. The van der Waals surface area contributed by atoms with Crippen molar-refractivity contribution in [2.45, 2.75) is 5.75 Å². The zero-order valence-electron chi connectivity index (χ0n) is 8.86. The summed E-state index contributed by atoms with van der Waals surface area (Å²) in [6.07, 6.45) is 1.05. The van der Waals surface area contributed by atoms with Gasteiger partial charge >= 0.3 is 5.97 Å². The second kappa shape index (κ2) is 3.81. The molecule has 0 aliphatic rings. The highest BCUT2D eigenvalue weighted by Gasteiger charge is 2.16. The molecule has 0 saturated heterocycles. The average molecular weight is 255 g/mol. The minimum atomic E-state index is -3.30. The zero-order chi connectivity index (χ0) is 12.6. The summed E-state index contributed by atoms with van der Waals surface area (Å²) in [5, 5.41) is 16.4. The highest BCUT2D eigenvalue weighted by Crippen LogP contribution is 2.10. The van der Waals surface area contributed by atoms with Gasteiger partial charge in [0.25, 0.3) is 0 Å². The lowest BCUT2D eigenvalue weighted by atomic mass is 10.3. The van der Waals surface area contributed by atoms with Gasteiger partial charge in [0.05, 0.1) is 0 Å². The molecule has 0 bridgehead atoms. The van der Waals surface area contributed by atoms with Crippen molar-refractivity contribution in [2.75, 3.05) is 6.26 Å². The molecule has 2 rings (SSSR count). The standard InChI is InChI=1S/C9H9N3O4S/c1-17(15,16)5-8-11-10-7-4-2-3-6(9(13)14)12(7)8/h2-4H,5H2,1H3,(H,13,14). The molecule has 7 nitrogen and oxygen atoms in total. The minimum absolute atomic E-state index is 0.0637. The maximum Gasteiger partial charge on any atom is 0.352 e. The van der Waals surface area contributed by atoms with Crippen molar-refractivity contribution in [3.63, 3.8) is 0 Å². The summed E-state index contributed by atoms with van der Waals surface area (Å²) in [5.41, 5.74) is 0.245. The molecule has 0 saturated carbocycles. The third-order valence-corrected chi connectivity index (χ3v) is 2.89. The first-order valence-electron chi connectivity index (χ1n) is 4.62. The van der Waals surface area contributed by atoms with Gasteiger partial charge in [0.1, 0.15) is 11.4 Å². The number of hydrogen-bond donors (Lipinski definition) is 1. The van der Waals surface area contributed by atoms with Gasteiger partial charge in [-0.05, 0) is 12.1 Å². The van der Waals surface area contributed by atoms with Crippen LogP contribution < -0.4 is 0 Å². The predicted octanol–water partition coefficient (Wildman–Crippen LogP) is -0.0279. The molecular weight excluding hydrogens is 246 g/mol. The maximum atomic E-state index is 11.2. The highest BCUT2D eigenvalue weighted by atomic mass is 32.2. The minimum Gasteiger partial charge on any atom is -0.477 e. The zero-order valence-corrected chi connectivity index (χ0v) is 9.68. The molecule has 0 unspecified atom stereocenters. The first-order chi connectivity index (χ1) is 7.88. The van der Waals surface area contributed by atoms with E-state index in [-0.39, 0.29) is 17.3 Å². The van der Waals surface area contributed by atoms with E-state index in [4.69, 9.17) is 5.11 Å². The smallest absolute Gasteiger partial charge is 0.352 e. The van der Waals surface area contributed by atoms with Crippen molar-refractivity contribution in [3.05, 3.63) is 29.7 Å². The molecule has 0 aliphatic heterocycles. The molecule has 2 heterocycles. The Morgan fingerprint density at radius 3 is 2.71 bits per heavy atom. The fraction of sp³-hybridized carbons (Fsp3) is 0.222. The number of fused-ring (bicyclic) bond motifs is 1. The molecule has 0 amide bonds. The van der Waals surface area contributed by atoms with Crippen LogP contribution in [0, 0.1) is 0 Å². The van der Waals surface area contributed by atoms with Crippen molar-refractivity contribution >= 4 is 21.5 Å². The maximum absolute atomic E-state index is 11.2. The molecular formula is C9H9N3O4S. The Hall–Kier alpha value is -1.96.